The minimum absolute atomic E-state index is 0.0976. The van der Waals surface area contributed by atoms with Gasteiger partial charge < -0.3 is 5.32 Å². The second kappa shape index (κ2) is 6.52. The Morgan fingerprint density at radius 2 is 1.79 bits per heavy atom. The number of carbonyl (C=O) groups excluding carboxylic acids is 1. The Bertz CT molecular complexity index is 945. The second-order valence-electron chi connectivity index (χ2n) is 10.8. The van der Waals surface area contributed by atoms with Gasteiger partial charge in [0.25, 0.3) is 0 Å². The van der Waals surface area contributed by atoms with Crippen LogP contribution >= 0.6 is 0 Å². The number of benzene rings is 1. The first kappa shape index (κ1) is 19.0. The molecule has 1 heterocycles. The summed E-state index contributed by atoms with van der Waals surface area (Å²) >= 11 is 0. The molecule has 1 aromatic heterocycles. The maximum Gasteiger partial charge on any atom is 0.226 e. The van der Waals surface area contributed by atoms with Crippen LogP contribution in [0.3, 0.4) is 0 Å². The van der Waals surface area contributed by atoms with Gasteiger partial charge in [0.15, 0.2) is 0 Å². The van der Waals surface area contributed by atoms with Crippen molar-refractivity contribution < 1.29 is 9.18 Å². The number of halogens is 1. The van der Waals surface area contributed by atoms with E-state index in [0.29, 0.717) is 23.7 Å². The van der Waals surface area contributed by atoms with Crippen LogP contribution in [0.5, 0.6) is 0 Å². The van der Waals surface area contributed by atoms with Gasteiger partial charge in [-0.05, 0) is 113 Å². The summed E-state index contributed by atoms with van der Waals surface area (Å²) in [5.74, 6) is 2.50. The molecule has 3 fully saturated rings. The average Bonchev–Trinajstić information content (AvgIpc) is 3.22. The normalized spacial score (nSPS) is 30.3. The molecule has 3 nitrogen and oxygen atoms in total. The van der Waals surface area contributed by atoms with E-state index in [1.54, 1.807) is 12.1 Å². The number of rotatable bonds is 3. The molecule has 1 amide bonds. The fourth-order valence-electron chi connectivity index (χ4n) is 6.24. The van der Waals surface area contributed by atoms with Gasteiger partial charge in [0.2, 0.25) is 5.91 Å². The van der Waals surface area contributed by atoms with E-state index in [9.17, 15) is 9.18 Å². The zero-order valence-corrected chi connectivity index (χ0v) is 17.7. The third kappa shape index (κ3) is 3.35. The van der Waals surface area contributed by atoms with Crippen molar-refractivity contribution in [3.8, 4) is 0 Å². The number of hydrogen-bond acceptors (Lipinski definition) is 2. The van der Waals surface area contributed by atoms with Crippen molar-refractivity contribution in [1.82, 2.24) is 10.3 Å². The highest BCUT2D eigenvalue weighted by atomic mass is 19.1. The molecule has 3 aliphatic carbocycles. The van der Waals surface area contributed by atoms with E-state index in [0.717, 1.165) is 36.6 Å². The van der Waals surface area contributed by atoms with Crippen molar-refractivity contribution in [2.75, 3.05) is 0 Å². The Hall–Kier alpha value is -1.97. The molecular formula is C25H31FN2O. The third-order valence-corrected chi connectivity index (χ3v) is 7.70. The predicted octanol–water partition coefficient (Wildman–Crippen LogP) is 5.59. The number of amides is 1. The van der Waals surface area contributed by atoms with Gasteiger partial charge in [-0.3, -0.25) is 9.78 Å². The highest BCUT2D eigenvalue weighted by molar-refractivity contribution is 5.86. The molecule has 1 N–H and O–H groups in total. The van der Waals surface area contributed by atoms with Gasteiger partial charge in [0.05, 0.1) is 10.9 Å². The van der Waals surface area contributed by atoms with Crippen LogP contribution in [0.15, 0.2) is 30.5 Å². The van der Waals surface area contributed by atoms with E-state index in [2.05, 4.69) is 37.1 Å². The SMILES string of the molecule is CC(C)(C)NC(=O)C1([C@@H]2C[C@H]3C[C@@H](c4ccnc5ccc(F)cc45)C[C@H]3C2)CC1. The molecule has 1 aromatic carbocycles. The van der Waals surface area contributed by atoms with Gasteiger partial charge in [0.1, 0.15) is 5.82 Å². The molecule has 0 spiro atoms. The Labute approximate surface area is 172 Å². The van der Waals surface area contributed by atoms with Crippen LogP contribution < -0.4 is 5.32 Å². The molecule has 3 saturated carbocycles. The van der Waals surface area contributed by atoms with Gasteiger partial charge in [-0.2, -0.15) is 0 Å². The van der Waals surface area contributed by atoms with E-state index in [1.165, 1.54) is 24.5 Å². The first-order valence-electron chi connectivity index (χ1n) is 11.1. The Kier molecular flexibility index (Phi) is 4.27. The van der Waals surface area contributed by atoms with Crippen LogP contribution in [0.4, 0.5) is 4.39 Å². The summed E-state index contributed by atoms with van der Waals surface area (Å²) in [6, 6.07) is 7.00. The van der Waals surface area contributed by atoms with Crippen molar-refractivity contribution in [2.24, 2.45) is 23.2 Å². The molecule has 3 aliphatic rings. The number of fused-ring (bicyclic) bond motifs is 2. The lowest BCUT2D eigenvalue weighted by Crippen LogP contribution is -2.46. The standard InChI is InChI=1S/C25H31FN2O/c1-24(2,3)28-23(29)25(7-8-25)18-12-15-10-17(11-16(15)13-18)20-6-9-27-22-5-4-19(26)14-21(20)22/h4-6,9,14-18H,7-8,10-13H2,1-3H3,(H,28,29)/t15-,16+,17-,18-. The first-order chi connectivity index (χ1) is 13.7. The topological polar surface area (TPSA) is 42.0 Å². The van der Waals surface area contributed by atoms with Crippen LogP contribution in [-0.4, -0.2) is 16.4 Å². The van der Waals surface area contributed by atoms with Crippen molar-refractivity contribution in [3.05, 3.63) is 41.8 Å². The molecular weight excluding hydrogens is 363 g/mol. The minimum Gasteiger partial charge on any atom is -0.351 e. The van der Waals surface area contributed by atoms with Crippen LogP contribution in [0, 0.1) is 29.0 Å². The van der Waals surface area contributed by atoms with Crippen LogP contribution in [0.1, 0.15) is 70.8 Å². The molecule has 154 valence electrons. The fourth-order valence-corrected chi connectivity index (χ4v) is 6.24. The Morgan fingerprint density at radius 1 is 1.10 bits per heavy atom. The van der Waals surface area contributed by atoms with E-state index < -0.39 is 0 Å². The Morgan fingerprint density at radius 3 is 2.41 bits per heavy atom. The smallest absolute Gasteiger partial charge is 0.226 e. The predicted molar refractivity (Wildman–Crippen MR) is 113 cm³/mol. The van der Waals surface area contributed by atoms with Crippen molar-refractivity contribution in [1.29, 1.82) is 0 Å². The van der Waals surface area contributed by atoms with Gasteiger partial charge >= 0.3 is 0 Å². The van der Waals surface area contributed by atoms with Gasteiger partial charge in [-0.1, -0.05) is 0 Å². The molecule has 0 saturated heterocycles. The van der Waals surface area contributed by atoms with E-state index in [1.807, 2.05) is 6.20 Å². The molecule has 5 rings (SSSR count). The summed E-state index contributed by atoms with van der Waals surface area (Å²) in [4.78, 5) is 17.4. The van der Waals surface area contributed by atoms with Crippen LogP contribution in [0.2, 0.25) is 0 Å². The summed E-state index contributed by atoms with van der Waals surface area (Å²) in [7, 11) is 0. The lowest BCUT2D eigenvalue weighted by Gasteiger charge is -2.29. The van der Waals surface area contributed by atoms with Gasteiger partial charge in [-0.15, -0.1) is 0 Å². The van der Waals surface area contributed by atoms with Crippen LogP contribution in [-0.2, 0) is 4.79 Å². The van der Waals surface area contributed by atoms with E-state index >= 15 is 0 Å². The minimum atomic E-state index is -0.189. The average molecular weight is 395 g/mol. The second-order valence-corrected chi connectivity index (χ2v) is 10.8. The number of nitrogens with zero attached hydrogens (tertiary/aromatic N) is 1. The van der Waals surface area contributed by atoms with Gasteiger partial charge in [-0.25, -0.2) is 4.39 Å². The molecule has 4 atom stereocenters. The highest BCUT2D eigenvalue weighted by Crippen LogP contribution is 2.63. The largest absolute Gasteiger partial charge is 0.351 e. The lowest BCUT2D eigenvalue weighted by atomic mass is 9.82. The maximum absolute atomic E-state index is 13.9. The summed E-state index contributed by atoms with van der Waals surface area (Å²) in [6.45, 7) is 6.20. The van der Waals surface area contributed by atoms with Crippen molar-refractivity contribution in [2.45, 2.75) is 70.8 Å². The molecule has 2 aromatic rings. The number of nitrogens with one attached hydrogen (secondary N) is 1. The summed E-state index contributed by atoms with van der Waals surface area (Å²) in [5, 5.41) is 4.21. The lowest BCUT2D eigenvalue weighted by molar-refractivity contribution is -0.129. The molecule has 0 radical (unpaired) electrons. The van der Waals surface area contributed by atoms with E-state index in [-0.39, 0.29) is 22.7 Å². The fraction of sp³-hybridized carbons (Fsp3) is 0.600. The maximum atomic E-state index is 13.9. The molecule has 29 heavy (non-hydrogen) atoms. The quantitative estimate of drug-likeness (QED) is 0.737. The monoisotopic (exact) mass is 394 g/mol. The molecule has 0 unspecified atom stereocenters. The van der Waals surface area contributed by atoms with Gasteiger partial charge in [0, 0.05) is 17.1 Å². The number of pyridine rings is 1. The number of aromatic nitrogens is 1. The summed E-state index contributed by atoms with van der Waals surface area (Å²) < 4.78 is 13.9. The first-order valence-corrected chi connectivity index (χ1v) is 11.1. The summed E-state index contributed by atoms with van der Waals surface area (Å²) in [6.07, 6.45) is 8.64. The number of hydrogen-bond donors (Lipinski definition) is 1. The Balaban J connectivity index is 1.31. The third-order valence-electron chi connectivity index (χ3n) is 7.70. The number of carbonyl (C=O) groups is 1. The van der Waals surface area contributed by atoms with Crippen molar-refractivity contribution in [3.63, 3.8) is 0 Å². The zero-order chi connectivity index (χ0) is 20.4. The molecule has 4 heteroatoms. The highest BCUT2D eigenvalue weighted by Gasteiger charge is 2.59. The van der Waals surface area contributed by atoms with Crippen LogP contribution in [0.25, 0.3) is 10.9 Å². The van der Waals surface area contributed by atoms with E-state index in [4.69, 9.17) is 0 Å². The van der Waals surface area contributed by atoms with Crippen molar-refractivity contribution >= 4 is 16.8 Å². The zero-order valence-electron chi connectivity index (χ0n) is 17.7. The molecule has 0 aliphatic heterocycles. The summed E-state index contributed by atoms with van der Waals surface area (Å²) in [5.41, 5.74) is 1.88. The molecule has 0 bridgehead atoms.